The predicted molar refractivity (Wildman–Crippen MR) is 107 cm³/mol. The Hall–Kier alpha value is -3.36. The third-order valence-electron chi connectivity index (χ3n) is 5.09. The molecule has 1 saturated heterocycles. The van der Waals surface area contributed by atoms with E-state index in [1.54, 1.807) is 35.2 Å². The van der Waals surface area contributed by atoms with Gasteiger partial charge in [-0.05, 0) is 49.2 Å². The Morgan fingerprint density at radius 2 is 1.45 bits per heavy atom. The van der Waals surface area contributed by atoms with Crippen LogP contribution >= 0.6 is 0 Å². The molecular weight excluding hydrogens is 411 g/mol. The highest BCUT2D eigenvalue weighted by molar-refractivity contribution is 5.96. The minimum absolute atomic E-state index is 0.115. The SMILES string of the molecule is O=C(NCC(=O)N1CCC(NC(=O)c2ccc(C(F)(F)F)cc2)CC1)c1ccccc1. The number of nitrogens with one attached hydrogen (secondary N) is 2. The number of amides is 3. The maximum Gasteiger partial charge on any atom is 0.416 e. The van der Waals surface area contributed by atoms with Crippen molar-refractivity contribution in [1.82, 2.24) is 15.5 Å². The van der Waals surface area contributed by atoms with E-state index in [4.69, 9.17) is 0 Å². The van der Waals surface area contributed by atoms with Gasteiger partial charge < -0.3 is 15.5 Å². The topological polar surface area (TPSA) is 78.5 Å². The van der Waals surface area contributed by atoms with Crippen molar-refractivity contribution >= 4 is 17.7 Å². The summed E-state index contributed by atoms with van der Waals surface area (Å²) in [4.78, 5) is 38.3. The van der Waals surface area contributed by atoms with Crippen molar-refractivity contribution in [2.24, 2.45) is 0 Å². The van der Waals surface area contributed by atoms with Crippen LogP contribution < -0.4 is 10.6 Å². The molecule has 0 radical (unpaired) electrons. The average Bonchev–Trinajstić information content (AvgIpc) is 2.77. The van der Waals surface area contributed by atoms with E-state index in [1.165, 1.54) is 0 Å². The molecule has 1 heterocycles. The fraction of sp³-hybridized carbons (Fsp3) is 0.318. The first-order valence-electron chi connectivity index (χ1n) is 9.83. The number of alkyl halides is 3. The molecule has 0 aliphatic carbocycles. The average molecular weight is 433 g/mol. The first-order chi connectivity index (χ1) is 14.7. The molecule has 1 aliphatic rings. The summed E-state index contributed by atoms with van der Waals surface area (Å²) >= 11 is 0. The van der Waals surface area contributed by atoms with E-state index < -0.39 is 17.6 Å². The van der Waals surface area contributed by atoms with Crippen molar-refractivity contribution in [2.45, 2.75) is 25.1 Å². The lowest BCUT2D eigenvalue weighted by molar-refractivity contribution is -0.137. The van der Waals surface area contributed by atoms with E-state index in [-0.39, 0.29) is 30.0 Å². The standard InChI is InChI=1S/C22H22F3N3O3/c23-22(24,25)17-8-6-16(7-9-17)21(31)27-18-10-12-28(13-11-18)19(29)14-26-20(30)15-4-2-1-3-5-15/h1-9,18H,10-14H2,(H,26,30)(H,27,31). The predicted octanol–water partition coefficient (Wildman–Crippen LogP) is 2.86. The summed E-state index contributed by atoms with van der Waals surface area (Å²) in [6.07, 6.45) is -3.41. The molecule has 31 heavy (non-hydrogen) atoms. The highest BCUT2D eigenvalue weighted by Crippen LogP contribution is 2.29. The number of halogens is 3. The van der Waals surface area contributed by atoms with Gasteiger partial charge in [0.2, 0.25) is 5.91 Å². The zero-order valence-corrected chi connectivity index (χ0v) is 16.6. The number of piperidine rings is 1. The molecule has 1 fully saturated rings. The third-order valence-corrected chi connectivity index (χ3v) is 5.09. The van der Waals surface area contributed by atoms with Crippen LogP contribution in [0.5, 0.6) is 0 Å². The van der Waals surface area contributed by atoms with Gasteiger partial charge in [0.15, 0.2) is 0 Å². The Bertz CT molecular complexity index is 923. The molecule has 0 bridgehead atoms. The largest absolute Gasteiger partial charge is 0.416 e. The van der Waals surface area contributed by atoms with Crippen LogP contribution in [0, 0.1) is 0 Å². The van der Waals surface area contributed by atoms with Crippen molar-refractivity contribution in [3.63, 3.8) is 0 Å². The van der Waals surface area contributed by atoms with Gasteiger partial charge in [0.05, 0.1) is 12.1 Å². The summed E-state index contributed by atoms with van der Waals surface area (Å²) in [6, 6.07) is 12.4. The van der Waals surface area contributed by atoms with Crippen molar-refractivity contribution in [3.05, 3.63) is 71.3 Å². The van der Waals surface area contributed by atoms with Crippen molar-refractivity contribution in [3.8, 4) is 0 Å². The molecule has 0 saturated carbocycles. The van der Waals surface area contributed by atoms with Gasteiger partial charge in [0, 0.05) is 30.3 Å². The lowest BCUT2D eigenvalue weighted by Crippen LogP contribution is -2.49. The van der Waals surface area contributed by atoms with E-state index in [1.807, 2.05) is 0 Å². The summed E-state index contributed by atoms with van der Waals surface area (Å²) in [7, 11) is 0. The number of benzene rings is 2. The monoisotopic (exact) mass is 433 g/mol. The Kier molecular flexibility index (Phi) is 6.94. The number of rotatable bonds is 5. The Balaban J connectivity index is 1.43. The molecule has 0 unspecified atom stereocenters. The van der Waals surface area contributed by atoms with Crippen molar-refractivity contribution in [2.75, 3.05) is 19.6 Å². The second-order valence-electron chi connectivity index (χ2n) is 7.25. The van der Waals surface area contributed by atoms with E-state index in [2.05, 4.69) is 10.6 Å². The molecule has 2 aromatic carbocycles. The van der Waals surface area contributed by atoms with Gasteiger partial charge in [-0.3, -0.25) is 14.4 Å². The fourth-order valence-corrected chi connectivity index (χ4v) is 3.31. The third kappa shape index (κ3) is 6.07. The molecule has 164 valence electrons. The highest BCUT2D eigenvalue weighted by atomic mass is 19.4. The lowest BCUT2D eigenvalue weighted by Gasteiger charge is -2.32. The van der Waals surface area contributed by atoms with Crippen LogP contribution in [0.15, 0.2) is 54.6 Å². The fourth-order valence-electron chi connectivity index (χ4n) is 3.31. The number of hydrogen-bond acceptors (Lipinski definition) is 3. The molecule has 2 aromatic rings. The number of hydrogen-bond donors (Lipinski definition) is 2. The smallest absolute Gasteiger partial charge is 0.349 e. The quantitative estimate of drug-likeness (QED) is 0.761. The van der Waals surface area contributed by atoms with Gasteiger partial charge in [0.25, 0.3) is 11.8 Å². The van der Waals surface area contributed by atoms with Gasteiger partial charge in [-0.1, -0.05) is 18.2 Å². The molecule has 1 aliphatic heterocycles. The minimum atomic E-state index is -4.45. The normalized spacial score (nSPS) is 14.7. The van der Waals surface area contributed by atoms with Gasteiger partial charge in [-0.15, -0.1) is 0 Å². The van der Waals surface area contributed by atoms with E-state index in [9.17, 15) is 27.6 Å². The molecular formula is C22H22F3N3O3. The second-order valence-corrected chi connectivity index (χ2v) is 7.25. The summed E-state index contributed by atoms with van der Waals surface area (Å²) in [5.41, 5.74) is -0.189. The number of likely N-dealkylation sites (tertiary alicyclic amines) is 1. The Morgan fingerprint density at radius 3 is 2.03 bits per heavy atom. The first kappa shape index (κ1) is 22.3. The van der Waals surface area contributed by atoms with Crippen LogP contribution in [-0.2, 0) is 11.0 Å². The molecule has 3 rings (SSSR count). The van der Waals surface area contributed by atoms with Gasteiger partial charge in [-0.2, -0.15) is 13.2 Å². The summed E-state index contributed by atoms with van der Waals surface area (Å²) in [5, 5.41) is 5.39. The van der Waals surface area contributed by atoms with Crippen LogP contribution in [0.1, 0.15) is 39.1 Å². The minimum Gasteiger partial charge on any atom is -0.349 e. The maximum absolute atomic E-state index is 12.6. The maximum atomic E-state index is 12.6. The number of carbonyl (C=O) groups is 3. The van der Waals surface area contributed by atoms with Gasteiger partial charge in [0.1, 0.15) is 0 Å². The van der Waals surface area contributed by atoms with E-state index >= 15 is 0 Å². The van der Waals surface area contributed by atoms with Crippen LogP contribution in [0.4, 0.5) is 13.2 Å². The molecule has 9 heteroatoms. The van der Waals surface area contributed by atoms with Crippen LogP contribution in [0.2, 0.25) is 0 Å². The summed E-state index contributed by atoms with van der Waals surface area (Å²) in [6.45, 7) is 0.715. The van der Waals surface area contributed by atoms with Gasteiger partial charge in [-0.25, -0.2) is 0 Å². The second kappa shape index (κ2) is 9.63. The summed E-state index contributed by atoms with van der Waals surface area (Å²) in [5.74, 6) is -0.988. The van der Waals surface area contributed by atoms with Crippen LogP contribution in [-0.4, -0.2) is 48.3 Å². The highest BCUT2D eigenvalue weighted by Gasteiger charge is 2.30. The molecule has 6 nitrogen and oxygen atoms in total. The molecule has 0 atom stereocenters. The molecule has 3 amide bonds. The number of carbonyl (C=O) groups excluding carboxylic acids is 3. The van der Waals surface area contributed by atoms with Gasteiger partial charge >= 0.3 is 6.18 Å². The van der Waals surface area contributed by atoms with Crippen molar-refractivity contribution < 1.29 is 27.6 Å². The van der Waals surface area contributed by atoms with Crippen LogP contribution in [0.25, 0.3) is 0 Å². The Morgan fingerprint density at radius 1 is 0.871 bits per heavy atom. The molecule has 2 N–H and O–H groups in total. The van der Waals surface area contributed by atoms with E-state index in [0.717, 1.165) is 24.3 Å². The lowest BCUT2D eigenvalue weighted by atomic mass is 10.0. The van der Waals surface area contributed by atoms with Crippen LogP contribution in [0.3, 0.4) is 0 Å². The molecule has 0 spiro atoms. The Labute approximate surface area is 177 Å². The molecule has 0 aromatic heterocycles. The number of nitrogens with zero attached hydrogens (tertiary/aromatic N) is 1. The first-order valence-corrected chi connectivity index (χ1v) is 9.83. The van der Waals surface area contributed by atoms with Crippen molar-refractivity contribution in [1.29, 1.82) is 0 Å². The summed E-state index contributed by atoms with van der Waals surface area (Å²) < 4.78 is 37.9. The van der Waals surface area contributed by atoms with E-state index in [0.29, 0.717) is 31.5 Å². The zero-order valence-electron chi connectivity index (χ0n) is 16.6. The zero-order chi connectivity index (χ0) is 22.4.